The number of ketones is 2. The van der Waals surface area contributed by atoms with E-state index in [1.165, 1.54) is 0 Å². The van der Waals surface area contributed by atoms with Gasteiger partial charge in [0.25, 0.3) is 5.91 Å². The molecule has 4 atom stereocenters. The fourth-order valence-corrected chi connectivity index (χ4v) is 7.68. The zero-order valence-corrected chi connectivity index (χ0v) is 27.8. The number of hydrogen-bond acceptors (Lipinski definition) is 6. The number of nitrogens with one attached hydrogen (secondary N) is 3. The summed E-state index contributed by atoms with van der Waals surface area (Å²) in [4.78, 5) is 67.3. The van der Waals surface area contributed by atoms with Crippen molar-refractivity contribution in [2.24, 2.45) is 34.3 Å². The van der Waals surface area contributed by atoms with E-state index in [4.69, 9.17) is 5.73 Å². The van der Waals surface area contributed by atoms with Crippen molar-refractivity contribution in [2.45, 2.75) is 129 Å². The Hall–Kier alpha value is -2.97. The van der Waals surface area contributed by atoms with Crippen molar-refractivity contribution >= 4 is 29.4 Å². The van der Waals surface area contributed by atoms with E-state index in [-0.39, 0.29) is 46.4 Å². The molecule has 0 spiro atoms. The summed E-state index contributed by atoms with van der Waals surface area (Å²) in [6.07, 6.45) is 11.4. The molecule has 248 valence electrons. The molecule has 0 radical (unpaired) electrons. The Kier molecular flexibility index (Phi) is 9.40. The first-order chi connectivity index (χ1) is 21.1. The molecule has 10 nitrogen and oxygen atoms in total. The molecule has 1 heterocycles. The molecule has 0 aromatic carbocycles. The lowest BCUT2D eigenvalue weighted by molar-refractivity contribution is -0.139. The molecule has 4 aliphatic carbocycles. The molecule has 5 N–H and O–H groups in total. The number of fused-ring (bicyclic) bond motifs is 1. The molecule has 45 heavy (non-hydrogen) atoms. The van der Waals surface area contributed by atoms with Crippen LogP contribution in [0.5, 0.6) is 0 Å². The predicted octanol–water partition coefficient (Wildman–Crippen LogP) is 3.53. The number of urea groups is 1. The molecule has 1 aliphatic heterocycles. The van der Waals surface area contributed by atoms with Gasteiger partial charge in [-0.2, -0.15) is 0 Å². The van der Waals surface area contributed by atoms with Crippen LogP contribution in [0.4, 0.5) is 4.79 Å². The first kappa shape index (κ1) is 33.4. The lowest BCUT2D eigenvalue weighted by Gasteiger charge is -2.41. The van der Waals surface area contributed by atoms with Crippen LogP contribution in [-0.2, 0) is 19.2 Å². The van der Waals surface area contributed by atoms with Crippen LogP contribution in [0.2, 0.25) is 0 Å². The highest BCUT2D eigenvalue weighted by Gasteiger charge is 2.52. The summed E-state index contributed by atoms with van der Waals surface area (Å²) < 4.78 is 0. The Bertz CT molecular complexity index is 1280. The molecule has 5 aliphatic rings. The summed E-state index contributed by atoms with van der Waals surface area (Å²) in [6.45, 7) is 11.3. The molecule has 0 aromatic heterocycles. The minimum atomic E-state index is -1.04. The summed E-state index contributed by atoms with van der Waals surface area (Å²) in [7, 11) is 0. The highest BCUT2D eigenvalue weighted by Crippen LogP contribution is 2.47. The Morgan fingerprint density at radius 3 is 2.27 bits per heavy atom. The lowest BCUT2D eigenvalue weighted by atomic mass is 9.75. The first-order valence-corrected chi connectivity index (χ1v) is 17.0. The third kappa shape index (κ3) is 7.89. The minimum Gasteiger partial charge on any atom is -0.363 e. The SMILES string of the molecule is CC(C)(C)[C@@H](CN1CC2=C=CC(C)(C)[C@@H]2[C@H]1C(=O)NC(CC1CC1)C(=O)C(N)=O)NC(=O)NC1(CC(=O)C2CC2)CCCCC1. The van der Waals surface area contributed by atoms with Gasteiger partial charge in [0.1, 0.15) is 5.78 Å². The highest BCUT2D eigenvalue weighted by molar-refractivity contribution is 6.37. The van der Waals surface area contributed by atoms with Gasteiger partial charge in [0, 0.05) is 42.9 Å². The Labute approximate surface area is 267 Å². The van der Waals surface area contributed by atoms with Crippen molar-refractivity contribution in [1.82, 2.24) is 20.9 Å². The number of primary amides is 1. The number of nitrogens with two attached hydrogens (primary N) is 1. The Morgan fingerprint density at radius 2 is 1.69 bits per heavy atom. The van der Waals surface area contributed by atoms with Crippen molar-refractivity contribution in [1.29, 1.82) is 0 Å². The van der Waals surface area contributed by atoms with Crippen molar-refractivity contribution < 1.29 is 24.0 Å². The van der Waals surface area contributed by atoms with Crippen LogP contribution in [0.15, 0.2) is 17.4 Å². The molecule has 10 heteroatoms. The fourth-order valence-electron chi connectivity index (χ4n) is 7.68. The van der Waals surface area contributed by atoms with Gasteiger partial charge in [0.05, 0.1) is 12.1 Å². The maximum atomic E-state index is 14.1. The van der Waals surface area contributed by atoms with E-state index in [9.17, 15) is 24.0 Å². The summed E-state index contributed by atoms with van der Waals surface area (Å²) in [6, 6.07) is -2.16. The van der Waals surface area contributed by atoms with E-state index in [1.54, 1.807) is 0 Å². The summed E-state index contributed by atoms with van der Waals surface area (Å²) in [5, 5.41) is 9.42. The number of nitrogens with zero attached hydrogens (tertiary/aromatic N) is 1. The van der Waals surface area contributed by atoms with Crippen molar-refractivity contribution in [3.8, 4) is 0 Å². The third-order valence-electron chi connectivity index (χ3n) is 10.8. The van der Waals surface area contributed by atoms with Gasteiger partial charge in [-0.1, -0.05) is 66.7 Å². The molecule has 4 amide bonds. The molecule has 1 unspecified atom stereocenters. The van der Waals surface area contributed by atoms with Crippen molar-refractivity contribution in [3.63, 3.8) is 0 Å². The first-order valence-electron chi connectivity index (χ1n) is 17.0. The number of carbonyl (C=O) groups is 5. The summed E-state index contributed by atoms with van der Waals surface area (Å²) >= 11 is 0. The van der Waals surface area contributed by atoms with Crippen LogP contribution in [0.3, 0.4) is 0 Å². The zero-order chi connectivity index (χ0) is 32.7. The van der Waals surface area contributed by atoms with Crippen LogP contribution < -0.4 is 21.7 Å². The Morgan fingerprint density at radius 1 is 1.02 bits per heavy atom. The number of hydrogen-bond donors (Lipinski definition) is 4. The van der Waals surface area contributed by atoms with E-state index < -0.39 is 29.3 Å². The predicted molar refractivity (Wildman–Crippen MR) is 171 cm³/mol. The maximum absolute atomic E-state index is 14.1. The Balaban J connectivity index is 1.33. The topological polar surface area (TPSA) is 151 Å². The molecule has 0 aromatic rings. The van der Waals surface area contributed by atoms with Crippen LogP contribution in [0.1, 0.15) is 105 Å². The van der Waals surface area contributed by atoms with Gasteiger partial charge >= 0.3 is 6.03 Å². The number of Topliss-reactive ketones (excluding diaryl/α,β-unsaturated/α-hetero) is 2. The monoisotopic (exact) mass is 623 g/mol. The van der Waals surface area contributed by atoms with E-state index >= 15 is 0 Å². The zero-order valence-electron chi connectivity index (χ0n) is 27.8. The normalized spacial score (nSPS) is 26.7. The quantitative estimate of drug-likeness (QED) is 0.182. The van der Waals surface area contributed by atoms with E-state index in [2.05, 4.69) is 61.2 Å². The number of carbonyl (C=O) groups excluding carboxylic acids is 5. The van der Waals surface area contributed by atoms with Crippen LogP contribution >= 0.6 is 0 Å². The molecular formula is C35H53N5O5. The number of amides is 4. The van der Waals surface area contributed by atoms with E-state index in [1.807, 2.05) is 6.08 Å². The molecule has 5 rings (SSSR count). The molecular weight excluding hydrogens is 570 g/mol. The van der Waals surface area contributed by atoms with Gasteiger partial charge < -0.3 is 21.7 Å². The van der Waals surface area contributed by atoms with Crippen molar-refractivity contribution in [2.75, 3.05) is 13.1 Å². The molecule has 4 fully saturated rings. The highest BCUT2D eigenvalue weighted by atomic mass is 16.2. The van der Waals surface area contributed by atoms with Gasteiger partial charge in [-0.05, 0) is 60.5 Å². The van der Waals surface area contributed by atoms with Gasteiger partial charge in [-0.15, -0.1) is 5.73 Å². The second-order valence-corrected chi connectivity index (χ2v) is 16.2. The molecule has 3 saturated carbocycles. The van der Waals surface area contributed by atoms with E-state index in [0.29, 0.717) is 31.8 Å². The van der Waals surface area contributed by atoms with Gasteiger partial charge in [0.2, 0.25) is 11.7 Å². The minimum absolute atomic E-state index is 0.156. The lowest BCUT2D eigenvalue weighted by Crippen LogP contribution is -2.61. The van der Waals surface area contributed by atoms with Crippen LogP contribution in [-0.4, -0.2) is 71.1 Å². The average molecular weight is 624 g/mol. The number of rotatable bonds is 13. The van der Waals surface area contributed by atoms with Crippen molar-refractivity contribution in [3.05, 3.63) is 17.4 Å². The second kappa shape index (κ2) is 12.7. The van der Waals surface area contributed by atoms with Gasteiger partial charge in [0.15, 0.2) is 0 Å². The third-order valence-corrected chi connectivity index (χ3v) is 10.8. The summed E-state index contributed by atoms with van der Waals surface area (Å²) in [5.74, 6) is -1.54. The van der Waals surface area contributed by atoms with Crippen LogP contribution in [0.25, 0.3) is 0 Å². The van der Waals surface area contributed by atoms with Gasteiger partial charge in [-0.25, -0.2) is 4.79 Å². The van der Waals surface area contributed by atoms with Gasteiger partial charge in [-0.3, -0.25) is 24.1 Å². The molecule has 0 bridgehead atoms. The number of likely N-dealkylation sites (tertiary alicyclic amines) is 1. The van der Waals surface area contributed by atoms with Crippen LogP contribution in [0, 0.1) is 28.6 Å². The molecule has 1 saturated heterocycles. The average Bonchev–Trinajstić information content (AvgIpc) is 3.88. The largest absolute Gasteiger partial charge is 0.363 e. The second-order valence-electron chi connectivity index (χ2n) is 16.2. The standard InChI is InChI=1S/C35H53N5O5/c1-33(2,3)26(38-32(45)39-35(14-7-6-8-15-35)18-25(41)22-11-12-22)20-40-19-23-13-16-34(4,5)27(23)28(40)31(44)37-24(17-21-9-10-21)29(42)30(36)43/h16,21-22,24,26-28H,6-12,14-15,17-20H2,1-5H3,(H2,36,43)(H,37,44)(H2,38,39,45)/t24?,26-,27+,28+/m1/s1. The fraction of sp³-hybridized carbons (Fsp3) is 0.771. The smallest absolute Gasteiger partial charge is 0.315 e. The van der Waals surface area contributed by atoms with E-state index in [0.717, 1.165) is 63.4 Å². The maximum Gasteiger partial charge on any atom is 0.315 e. The summed E-state index contributed by atoms with van der Waals surface area (Å²) in [5.41, 5.74) is 8.59.